The summed E-state index contributed by atoms with van der Waals surface area (Å²) in [5.74, 6) is 1.09. The Hall–Kier alpha value is -2.04. The van der Waals surface area contributed by atoms with Crippen LogP contribution in [0.15, 0.2) is 42.5 Å². The molecule has 0 spiro atoms. The lowest BCUT2D eigenvalue weighted by Crippen LogP contribution is -2.44. The Morgan fingerprint density at radius 2 is 1.88 bits per heavy atom. The normalized spacial score (nSPS) is 15.2. The second-order valence-corrected chi connectivity index (χ2v) is 7.64. The molecule has 1 saturated heterocycles. The highest BCUT2D eigenvalue weighted by molar-refractivity contribution is 6.30. The summed E-state index contributed by atoms with van der Waals surface area (Å²) in [6.07, 6.45) is 0.841. The molecule has 1 aromatic heterocycles. The minimum atomic E-state index is 0.367. The molecule has 136 valence electrons. The molecule has 0 unspecified atom stereocenters. The zero-order valence-corrected chi connectivity index (χ0v) is 16.1. The van der Waals surface area contributed by atoms with E-state index in [0.29, 0.717) is 6.04 Å². The van der Waals surface area contributed by atoms with E-state index >= 15 is 0 Å². The molecule has 2 aromatic carbocycles. The van der Waals surface area contributed by atoms with Crippen LogP contribution in [0.25, 0.3) is 11.0 Å². The van der Waals surface area contributed by atoms with Gasteiger partial charge in [-0.2, -0.15) is 0 Å². The Kier molecular flexibility index (Phi) is 4.88. The lowest BCUT2D eigenvalue weighted by Gasteiger charge is -2.29. The van der Waals surface area contributed by atoms with E-state index < -0.39 is 0 Å². The van der Waals surface area contributed by atoms with Gasteiger partial charge in [0, 0.05) is 37.2 Å². The van der Waals surface area contributed by atoms with Crippen molar-refractivity contribution in [1.29, 1.82) is 0 Å². The predicted molar refractivity (Wildman–Crippen MR) is 109 cm³/mol. The lowest BCUT2D eigenvalue weighted by atomic mass is 10.0. The third-order valence-electron chi connectivity index (χ3n) is 4.98. The van der Waals surface area contributed by atoms with Crippen LogP contribution < -0.4 is 10.2 Å². The number of fused-ring (bicyclic) bond motifs is 1. The van der Waals surface area contributed by atoms with E-state index in [-0.39, 0.29) is 0 Å². The number of imidazole rings is 1. The number of halogens is 1. The van der Waals surface area contributed by atoms with E-state index in [1.807, 2.05) is 18.2 Å². The summed E-state index contributed by atoms with van der Waals surface area (Å²) in [5, 5.41) is 4.21. The highest BCUT2D eigenvalue weighted by atomic mass is 35.5. The molecule has 4 nitrogen and oxygen atoms in total. The van der Waals surface area contributed by atoms with Crippen molar-refractivity contribution in [3.63, 3.8) is 0 Å². The number of nitrogens with one attached hydrogen (secondary N) is 1. The number of hydrogen-bond acceptors (Lipinski definition) is 3. The van der Waals surface area contributed by atoms with Crippen molar-refractivity contribution < 1.29 is 0 Å². The summed E-state index contributed by atoms with van der Waals surface area (Å²) >= 11 is 6.17. The van der Waals surface area contributed by atoms with Crippen LogP contribution in [0, 0.1) is 0 Å². The Morgan fingerprint density at radius 1 is 1.12 bits per heavy atom. The third kappa shape index (κ3) is 3.31. The zero-order chi connectivity index (χ0) is 18.1. The lowest BCUT2D eigenvalue weighted by molar-refractivity contribution is 0.548. The van der Waals surface area contributed by atoms with Gasteiger partial charge >= 0.3 is 0 Å². The van der Waals surface area contributed by atoms with Gasteiger partial charge in [-0.1, -0.05) is 35.9 Å². The molecule has 0 amide bonds. The first kappa shape index (κ1) is 17.4. The van der Waals surface area contributed by atoms with Crippen molar-refractivity contribution in [3.8, 4) is 0 Å². The molecule has 0 radical (unpaired) electrons. The molecule has 3 aromatic rings. The van der Waals surface area contributed by atoms with Crippen LogP contribution in [0.2, 0.25) is 5.02 Å². The highest BCUT2D eigenvalue weighted by Gasteiger charge is 2.21. The number of piperazine rings is 1. The van der Waals surface area contributed by atoms with Gasteiger partial charge in [-0.3, -0.25) is 0 Å². The first-order chi connectivity index (χ1) is 12.6. The number of nitrogens with zero attached hydrogens (tertiary/aromatic N) is 3. The van der Waals surface area contributed by atoms with Crippen molar-refractivity contribution in [2.75, 3.05) is 31.1 Å². The van der Waals surface area contributed by atoms with Gasteiger partial charge in [0.05, 0.1) is 11.0 Å². The summed E-state index contributed by atoms with van der Waals surface area (Å²) < 4.78 is 2.38. The van der Waals surface area contributed by atoms with Gasteiger partial charge in [-0.25, -0.2) is 4.98 Å². The number of aromatic nitrogens is 2. The van der Waals surface area contributed by atoms with E-state index in [4.69, 9.17) is 16.6 Å². The molecule has 4 rings (SSSR count). The van der Waals surface area contributed by atoms with E-state index in [2.05, 4.69) is 52.9 Å². The summed E-state index contributed by atoms with van der Waals surface area (Å²) in [4.78, 5) is 7.51. The first-order valence-corrected chi connectivity index (χ1v) is 9.71. The highest BCUT2D eigenvalue weighted by Crippen LogP contribution is 2.30. The van der Waals surface area contributed by atoms with Gasteiger partial charge in [0.25, 0.3) is 0 Å². The van der Waals surface area contributed by atoms with E-state index in [1.54, 1.807) is 0 Å². The Bertz CT molecular complexity index is 910. The number of hydrogen-bond donors (Lipinski definition) is 1. The van der Waals surface area contributed by atoms with Crippen LogP contribution in [0.3, 0.4) is 0 Å². The average molecular weight is 369 g/mol. The summed E-state index contributed by atoms with van der Waals surface area (Å²) in [6, 6.07) is 15.0. The fourth-order valence-corrected chi connectivity index (χ4v) is 3.98. The Morgan fingerprint density at radius 3 is 2.62 bits per heavy atom. The molecule has 2 heterocycles. The fraction of sp³-hybridized carbons (Fsp3) is 0.381. The predicted octanol–water partition coefficient (Wildman–Crippen LogP) is 4.27. The van der Waals surface area contributed by atoms with Crippen molar-refractivity contribution in [2.45, 2.75) is 26.3 Å². The van der Waals surface area contributed by atoms with Crippen molar-refractivity contribution >= 4 is 28.6 Å². The summed E-state index contributed by atoms with van der Waals surface area (Å²) in [5.41, 5.74) is 4.79. The molecular formula is C21H25ClN4. The second-order valence-electron chi connectivity index (χ2n) is 7.20. The number of benzene rings is 2. The number of para-hydroxylation sites is 1. The van der Waals surface area contributed by atoms with Crippen LogP contribution >= 0.6 is 11.6 Å². The molecular weight excluding hydrogens is 344 g/mol. The second kappa shape index (κ2) is 7.29. The largest absolute Gasteiger partial charge is 0.340 e. The quantitative estimate of drug-likeness (QED) is 0.746. The van der Waals surface area contributed by atoms with Gasteiger partial charge in [0.15, 0.2) is 0 Å². The van der Waals surface area contributed by atoms with Crippen LogP contribution in [0.5, 0.6) is 0 Å². The van der Waals surface area contributed by atoms with Crippen molar-refractivity contribution in [2.24, 2.45) is 0 Å². The molecule has 0 atom stereocenters. The SMILES string of the molecule is CC(C)n1c(N2CCNCC2)nc2c(Cc3cccc(Cl)c3)cccc21. The molecule has 5 heteroatoms. The van der Waals surface area contributed by atoms with Gasteiger partial charge < -0.3 is 14.8 Å². The zero-order valence-electron chi connectivity index (χ0n) is 15.4. The number of anilines is 1. The summed E-state index contributed by atoms with van der Waals surface area (Å²) in [6.45, 7) is 8.49. The first-order valence-electron chi connectivity index (χ1n) is 9.33. The summed E-state index contributed by atoms with van der Waals surface area (Å²) in [7, 11) is 0. The Labute approximate surface area is 159 Å². The maximum atomic E-state index is 6.17. The minimum Gasteiger partial charge on any atom is -0.340 e. The van der Waals surface area contributed by atoms with Crippen LogP contribution in [-0.2, 0) is 6.42 Å². The molecule has 0 saturated carbocycles. The average Bonchev–Trinajstić information content (AvgIpc) is 3.03. The van der Waals surface area contributed by atoms with E-state index in [9.17, 15) is 0 Å². The molecule has 1 aliphatic rings. The van der Waals surface area contributed by atoms with Gasteiger partial charge in [0.1, 0.15) is 0 Å². The van der Waals surface area contributed by atoms with Gasteiger partial charge in [-0.15, -0.1) is 0 Å². The monoisotopic (exact) mass is 368 g/mol. The molecule has 0 bridgehead atoms. The molecule has 26 heavy (non-hydrogen) atoms. The minimum absolute atomic E-state index is 0.367. The van der Waals surface area contributed by atoms with Gasteiger partial charge in [0.2, 0.25) is 5.95 Å². The van der Waals surface area contributed by atoms with E-state index in [1.165, 1.54) is 16.6 Å². The fourth-order valence-electron chi connectivity index (χ4n) is 3.77. The smallest absolute Gasteiger partial charge is 0.206 e. The standard InChI is InChI=1S/C21H25ClN4/c1-15(2)26-19-8-4-6-17(13-16-5-3-7-18(22)14-16)20(19)24-21(26)25-11-9-23-10-12-25/h3-8,14-15,23H,9-13H2,1-2H3. The van der Waals surface area contributed by atoms with Crippen LogP contribution in [0.4, 0.5) is 5.95 Å². The third-order valence-corrected chi connectivity index (χ3v) is 5.22. The molecule has 1 N–H and O–H groups in total. The molecule has 1 aliphatic heterocycles. The van der Waals surface area contributed by atoms with Crippen LogP contribution in [-0.4, -0.2) is 35.7 Å². The topological polar surface area (TPSA) is 33.1 Å². The van der Waals surface area contributed by atoms with Crippen LogP contribution in [0.1, 0.15) is 31.0 Å². The molecule has 0 aliphatic carbocycles. The van der Waals surface area contributed by atoms with E-state index in [0.717, 1.165) is 49.1 Å². The van der Waals surface area contributed by atoms with Crippen molar-refractivity contribution in [3.05, 3.63) is 58.6 Å². The maximum Gasteiger partial charge on any atom is 0.206 e. The molecule has 1 fully saturated rings. The van der Waals surface area contributed by atoms with Crippen molar-refractivity contribution in [1.82, 2.24) is 14.9 Å². The Balaban J connectivity index is 1.80. The maximum absolute atomic E-state index is 6.17. The number of rotatable bonds is 4. The van der Waals surface area contributed by atoms with Gasteiger partial charge in [-0.05, 0) is 49.6 Å².